The first-order valence-electron chi connectivity index (χ1n) is 11.7. The van der Waals surface area contributed by atoms with Crippen LogP contribution in [0.5, 0.6) is 11.5 Å². The van der Waals surface area contributed by atoms with Gasteiger partial charge in [-0.05, 0) is 48.6 Å². The lowest BCUT2D eigenvalue weighted by Gasteiger charge is -2.33. The molecule has 8 heteroatoms. The average Bonchev–Trinajstić information content (AvgIpc) is 3.35. The number of hydrogen-bond donors (Lipinski definition) is 2. The summed E-state index contributed by atoms with van der Waals surface area (Å²) in [7, 11) is 0. The highest BCUT2D eigenvalue weighted by atomic mass is 32.2. The van der Waals surface area contributed by atoms with Gasteiger partial charge in [-0.1, -0.05) is 43.0 Å². The first-order chi connectivity index (χ1) is 17.1. The molecule has 0 unspecified atom stereocenters. The minimum Gasteiger partial charge on any atom is -0.454 e. The molecule has 3 aliphatic rings. The molecule has 1 aliphatic carbocycles. The van der Waals surface area contributed by atoms with Gasteiger partial charge < -0.3 is 20.1 Å². The highest BCUT2D eigenvalue weighted by molar-refractivity contribution is 8.03. The molecular formula is C27H25N3O4S. The van der Waals surface area contributed by atoms with E-state index in [9.17, 15) is 14.9 Å². The van der Waals surface area contributed by atoms with Crippen molar-refractivity contribution in [1.29, 1.82) is 5.26 Å². The number of rotatable bonds is 6. The number of nitrogens with one attached hydrogen (secondary N) is 2. The van der Waals surface area contributed by atoms with E-state index in [0.717, 1.165) is 41.8 Å². The molecular weight excluding hydrogens is 462 g/mol. The summed E-state index contributed by atoms with van der Waals surface area (Å²) in [5.74, 6) is 0.772. The number of benzene rings is 2. The van der Waals surface area contributed by atoms with Crippen molar-refractivity contribution in [1.82, 2.24) is 5.32 Å². The standard InChI is InChI=1S/C27H25N3O4S/c1-2-16-6-3-4-7-19(16)29-24(32)14-35-27-18(13-28)25(26-20(30-27)8-5-9-21(26)31)17-10-11-22-23(12-17)34-15-33-22/h3-4,6-7,10-12,25,30H,2,5,8-9,14-15H2,1H3,(H,29,32)/t25-/m0/s1. The van der Waals surface area contributed by atoms with E-state index in [1.807, 2.05) is 49.4 Å². The number of Topliss-reactive ketones (excluding diaryl/α,β-unsaturated/α-hetero) is 1. The maximum absolute atomic E-state index is 13.0. The molecule has 0 bridgehead atoms. The van der Waals surface area contributed by atoms with E-state index in [1.54, 1.807) is 0 Å². The average molecular weight is 488 g/mol. The Balaban J connectivity index is 1.44. The Morgan fingerprint density at radius 2 is 2.03 bits per heavy atom. The first kappa shape index (κ1) is 23.1. The van der Waals surface area contributed by atoms with Crippen LogP contribution >= 0.6 is 11.8 Å². The van der Waals surface area contributed by atoms with E-state index in [2.05, 4.69) is 16.7 Å². The van der Waals surface area contributed by atoms with Crippen LogP contribution in [-0.2, 0) is 16.0 Å². The fraction of sp³-hybridized carbons (Fsp3) is 0.296. The molecule has 0 radical (unpaired) electrons. The zero-order valence-corrected chi connectivity index (χ0v) is 20.2. The summed E-state index contributed by atoms with van der Waals surface area (Å²) in [5.41, 5.74) is 4.57. The summed E-state index contributed by atoms with van der Waals surface area (Å²) >= 11 is 1.28. The van der Waals surface area contributed by atoms with Crippen LogP contribution in [0.25, 0.3) is 0 Å². The lowest BCUT2D eigenvalue weighted by atomic mass is 9.77. The number of nitrogens with zero attached hydrogens (tertiary/aromatic N) is 1. The molecule has 2 heterocycles. The second-order valence-electron chi connectivity index (χ2n) is 8.54. The van der Waals surface area contributed by atoms with Crippen LogP contribution in [0.15, 0.2) is 64.3 Å². The minimum atomic E-state index is -0.509. The van der Waals surface area contributed by atoms with Gasteiger partial charge in [0.2, 0.25) is 12.7 Å². The number of fused-ring (bicyclic) bond motifs is 1. The van der Waals surface area contributed by atoms with Gasteiger partial charge in [0.15, 0.2) is 17.3 Å². The number of dihydropyridines is 1. The summed E-state index contributed by atoms with van der Waals surface area (Å²) in [4.78, 5) is 25.8. The molecule has 2 aliphatic heterocycles. The van der Waals surface area contributed by atoms with Crippen LogP contribution in [-0.4, -0.2) is 24.2 Å². The molecule has 0 spiro atoms. The lowest BCUT2D eigenvalue weighted by molar-refractivity contribution is -0.116. The number of carbonyl (C=O) groups is 2. The predicted octanol–water partition coefficient (Wildman–Crippen LogP) is 4.78. The second-order valence-corrected chi connectivity index (χ2v) is 9.53. The van der Waals surface area contributed by atoms with Gasteiger partial charge in [-0.15, -0.1) is 0 Å². The molecule has 35 heavy (non-hydrogen) atoms. The quantitative estimate of drug-likeness (QED) is 0.605. The van der Waals surface area contributed by atoms with Gasteiger partial charge in [-0.3, -0.25) is 9.59 Å². The number of anilines is 1. The number of ether oxygens (including phenoxy) is 2. The normalized spacial score (nSPS) is 18.6. The molecule has 0 aromatic heterocycles. The Morgan fingerprint density at radius 1 is 1.20 bits per heavy atom. The van der Waals surface area contributed by atoms with Crippen LogP contribution in [0.1, 0.15) is 43.2 Å². The van der Waals surface area contributed by atoms with Gasteiger partial charge in [0.25, 0.3) is 0 Å². The monoisotopic (exact) mass is 487 g/mol. The van der Waals surface area contributed by atoms with Crippen molar-refractivity contribution >= 4 is 29.1 Å². The Bertz CT molecular complexity index is 1310. The van der Waals surface area contributed by atoms with Crippen LogP contribution in [0, 0.1) is 11.3 Å². The molecule has 2 aromatic rings. The summed E-state index contributed by atoms with van der Waals surface area (Å²) in [5, 5.41) is 17.1. The fourth-order valence-corrected chi connectivity index (χ4v) is 5.60. The number of ketones is 1. The first-order valence-corrected chi connectivity index (χ1v) is 12.6. The second kappa shape index (κ2) is 9.88. The van der Waals surface area contributed by atoms with Crippen molar-refractivity contribution in [3.05, 3.63) is 75.5 Å². The molecule has 2 N–H and O–H groups in total. The number of allylic oxidation sites excluding steroid dienone is 3. The zero-order valence-electron chi connectivity index (χ0n) is 19.3. The van der Waals surface area contributed by atoms with Gasteiger partial charge in [0.05, 0.1) is 28.3 Å². The van der Waals surface area contributed by atoms with E-state index in [4.69, 9.17) is 9.47 Å². The number of amides is 1. The number of carbonyl (C=O) groups excluding carboxylic acids is 2. The smallest absolute Gasteiger partial charge is 0.234 e. The van der Waals surface area contributed by atoms with Crippen molar-refractivity contribution in [2.24, 2.45) is 0 Å². The third-order valence-electron chi connectivity index (χ3n) is 6.41. The van der Waals surface area contributed by atoms with Crippen molar-refractivity contribution in [3.8, 4) is 17.6 Å². The molecule has 178 valence electrons. The lowest BCUT2D eigenvalue weighted by Crippen LogP contribution is -2.31. The van der Waals surface area contributed by atoms with Crippen molar-refractivity contribution in [3.63, 3.8) is 0 Å². The SMILES string of the molecule is CCc1ccccc1NC(=O)CSC1=C(C#N)[C@H](c2ccc3c(c2)OCO3)C2=C(CCCC2=O)N1. The van der Waals surface area contributed by atoms with E-state index in [1.165, 1.54) is 11.8 Å². The third-order valence-corrected chi connectivity index (χ3v) is 7.43. The third kappa shape index (κ3) is 4.52. The van der Waals surface area contributed by atoms with E-state index >= 15 is 0 Å². The van der Waals surface area contributed by atoms with E-state index in [0.29, 0.717) is 34.1 Å². The maximum Gasteiger partial charge on any atom is 0.234 e. The van der Waals surface area contributed by atoms with E-state index < -0.39 is 5.92 Å². The van der Waals surface area contributed by atoms with Crippen LogP contribution in [0.2, 0.25) is 0 Å². The predicted molar refractivity (Wildman–Crippen MR) is 134 cm³/mol. The summed E-state index contributed by atoms with van der Waals surface area (Å²) < 4.78 is 11.0. The topological polar surface area (TPSA) is 100 Å². The molecule has 0 saturated heterocycles. The van der Waals surface area contributed by atoms with Crippen molar-refractivity contribution in [2.75, 3.05) is 17.9 Å². The molecule has 1 atom stereocenters. The summed E-state index contributed by atoms with van der Waals surface area (Å²) in [6.07, 6.45) is 2.76. The summed E-state index contributed by atoms with van der Waals surface area (Å²) in [6, 6.07) is 15.6. The zero-order chi connectivity index (χ0) is 24.4. The number of thioether (sulfide) groups is 1. The van der Waals surface area contributed by atoms with Crippen molar-refractivity contribution < 1.29 is 19.1 Å². The highest BCUT2D eigenvalue weighted by Gasteiger charge is 2.37. The number of aryl methyl sites for hydroxylation is 1. The van der Waals surface area contributed by atoms with Crippen LogP contribution < -0.4 is 20.1 Å². The molecule has 2 aromatic carbocycles. The Hall–Kier alpha value is -3.70. The maximum atomic E-state index is 13.0. The molecule has 7 nitrogen and oxygen atoms in total. The largest absolute Gasteiger partial charge is 0.454 e. The van der Waals surface area contributed by atoms with Gasteiger partial charge >= 0.3 is 0 Å². The van der Waals surface area contributed by atoms with Gasteiger partial charge in [0, 0.05) is 23.4 Å². The highest BCUT2D eigenvalue weighted by Crippen LogP contribution is 2.46. The number of hydrogen-bond acceptors (Lipinski definition) is 7. The Kier molecular flexibility index (Phi) is 6.51. The minimum absolute atomic E-state index is 0.0483. The van der Waals surface area contributed by atoms with Crippen LogP contribution in [0.4, 0.5) is 5.69 Å². The molecule has 5 rings (SSSR count). The van der Waals surface area contributed by atoms with E-state index in [-0.39, 0.29) is 24.2 Å². The van der Waals surface area contributed by atoms with Crippen molar-refractivity contribution in [2.45, 2.75) is 38.5 Å². The number of para-hydroxylation sites is 1. The fourth-order valence-electron chi connectivity index (χ4n) is 4.74. The Morgan fingerprint density at radius 3 is 2.86 bits per heavy atom. The Labute approximate surface area is 208 Å². The van der Waals surface area contributed by atoms with Gasteiger partial charge in [-0.2, -0.15) is 5.26 Å². The van der Waals surface area contributed by atoms with Gasteiger partial charge in [-0.25, -0.2) is 0 Å². The van der Waals surface area contributed by atoms with Gasteiger partial charge in [0.1, 0.15) is 0 Å². The molecule has 0 saturated carbocycles. The number of nitriles is 1. The molecule has 0 fully saturated rings. The van der Waals surface area contributed by atoms with Crippen LogP contribution in [0.3, 0.4) is 0 Å². The molecule has 1 amide bonds. The summed E-state index contributed by atoms with van der Waals surface area (Å²) in [6.45, 7) is 2.19.